The van der Waals surface area contributed by atoms with Crippen LogP contribution in [0.1, 0.15) is 49.5 Å². The van der Waals surface area contributed by atoms with Gasteiger partial charge < -0.3 is 10.2 Å². The van der Waals surface area contributed by atoms with E-state index in [2.05, 4.69) is 5.32 Å². The average Bonchev–Trinajstić information content (AvgIpc) is 2.83. The third-order valence-electron chi connectivity index (χ3n) is 5.60. The Morgan fingerprint density at radius 2 is 1.89 bits per heavy atom. The van der Waals surface area contributed by atoms with Gasteiger partial charge in [0, 0.05) is 37.4 Å². The maximum atomic E-state index is 13.1. The second-order valence-corrected chi connectivity index (χ2v) is 9.86. The molecule has 0 bridgehead atoms. The van der Waals surface area contributed by atoms with Crippen LogP contribution in [0.5, 0.6) is 0 Å². The number of rotatable bonds is 4. The van der Waals surface area contributed by atoms with E-state index >= 15 is 0 Å². The van der Waals surface area contributed by atoms with E-state index in [1.54, 1.807) is 31.0 Å². The molecule has 1 fully saturated rings. The molecular weight excluding hydrogens is 366 g/mol. The van der Waals surface area contributed by atoms with Crippen LogP contribution in [0.4, 0.5) is 5.69 Å². The number of fused-ring (bicyclic) bond motifs is 2. The smallest absolute Gasteiger partial charge is 0.251 e. The molecule has 2 aliphatic rings. The van der Waals surface area contributed by atoms with E-state index in [4.69, 9.17) is 0 Å². The number of anilines is 1. The van der Waals surface area contributed by atoms with Crippen molar-refractivity contribution in [2.75, 3.05) is 30.8 Å². The van der Waals surface area contributed by atoms with Crippen molar-refractivity contribution in [3.8, 4) is 0 Å². The summed E-state index contributed by atoms with van der Waals surface area (Å²) in [7, 11) is -1.53. The van der Waals surface area contributed by atoms with Crippen LogP contribution in [0.25, 0.3) is 0 Å². The van der Waals surface area contributed by atoms with Crippen molar-refractivity contribution in [3.63, 3.8) is 0 Å². The van der Waals surface area contributed by atoms with Crippen LogP contribution in [0.2, 0.25) is 0 Å². The summed E-state index contributed by atoms with van der Waals surface area (Å²) in [6.45, 7) is 6.06. The molecule has 3 rings (SSSR count). The van der Waals surface area contributed by atoms with Crippen LogP contribution in [-0.4, -0.2) is 56.5 Å². The Morgan fingerprint density at radius 3 is 2.44 bits per heavy atom. The highest BCUT2D eigenvalue weighted by atomic mass is 32.2. The van der Waals surface area contributed by atoms with Crippen LogP contribution in [0.3, 0.4) is 0 Å². The Hall–Kier alpha value is -1.93. The molecule has 2 amide bonds. The molecule has 2 aliphatic heterocycles. The molecule has 0 unspecified atom stereocenters. The fourth-order valence-corrected chi connectivity index (χ4v) is 5.16. The summed E-state index contributed by atoms with van der Waals surface area (Å²) in [4.78, 5) is 27.1. The van der Waals surface area contributed by atoms with Crippen molar-refractivity contribution in [1.29, 1.82) is 0 Å². The molecule has 0 radical (unpaired) electrons. The van der Waals surface area contributed by atoms with Gasteiger partial charge in [0.2, 0.25) is 15.9 Å². The van der Waals surface area contributed by atoms with Crippen molar-refractivity contribution in [2.45, 2.75) is 45.1 Å². The van der Waals surface area contributed by atoms with E-state index in [9.17, 15) is 18.0 Å². The molecule has 2 heterocycles. The number of amides is 2. The number of carbonyl (C=O) groups is 2. The van der Waals surface area contributed by atoms with E-state index in [1.807, 2.05) is 19.9 Å². The van der Waals surface area contributed by atoms with Gasteiger partial charge in [-0.25, -0.2) is 12.7 Å². The first-order valence-corrected chi connectivity index (χ1v) is 10.9. The fraction of sp³-hybridized carbons (Fsp3) is 0.579. The van der Waals surface area contributed by atoms with Gasteiger partial charge in [-0.1, -0.05) is 0 Å². The molecule has 1 saturated heterocycles. The molecule has 1 aromatic rings. The zero-order valence-corrected chi connectivity index (χ0v) is 17.1. The number of nitrogens with zero attached hydrogens (tertiary/aromatic N) is 2. The summed E-state index contributed by atoms with van der Waals surface area (Å²) in [5.41, 5.74) is 1.40. The van der Waals surface area contributed by atoms with Crippen molar-refractivity contribution in [1.82, 2.24) is 9.62 Å². The fourth-order valence-electron chi connectivity index (χ4n) is 4.06. The maximum absolute atomic E-state index is 13.1. The predicted octanol–water partition coefficient (Wildman–Crippen LogP) is 1.48. The highest BCUT2D eigenvalue weighted by Gasteiger charge is 2.52. The normalized spacial score (nSPS) is 19.6. The first kappa shape index (κ1) is 19.8. The number of piperidine rings is 1. The number of hydrogen-bond acceptors (Lipinski definition) is 4. The van der Waals surface area contributed by atoms with E-state index in [1.165, 1.54) is 4.31 Å². The third kappa shape index (κ3) is 3.25. The van der Waals surface area contributed by atoms with E-state index in [-0.39, 0.29) is 23.6 Å². The van der Waals surface area contributed by atoms with Crippen LogP contribution >= 0.6 is 0 Å². The quantitative estimate of drug-likeness (QED) is 0.840. The Balaban J connectivity index is 1.96. The second-order valence-electron chi connectivity index (χ2n) is 7.61. The van der Waals surface area contributed by atoms with Crippen molar-refractivity contribution >= 4 is 27.5 Å². The highest BCUT2D eigenvalue weighted by Crippen LogP contribution is 2.48. The molecule has 27 heavy (non-hydrogen) atoms. The SMILES string of the molecule is CCS(=O)(=O)N1CCC2(CC1)C(=O)N(C)c1ccc(C(=O)NC(C)C)cc12. The Labute approximate surface area is 160 Å². The first-order valence-electron chi connectivity index (χ1n) is 9.34. The standard InChI is InChI=1S/C19H27N3O4S/c1-5-27(25,26)22-10-8-19(9-11-22)15-12-14(17(23)20-13(2)3)6-7-16(15)21(4)18(19)24/h6-7,12-13H,5,8-11H2,1-4H3,(H,20,23). The lowest BCUT2D eigenvalue weighted by Crippen LogP contribution is -2.49. The minimum absolute atomic E-state index is 0.0199. The number of carbonyl (C=O) groups excluding carboxylic acids is 2. The maximum Gasteiger partial charge on any atom is 0.251 e. The molecule has 7 nitrogen and oxygen atoms in total. The zero-order valence-electron chi connectivity index (χ0n) is 16.3. The molecule has 1 N–H and O–H groups in total. The van der Waals surface area contributed by atoms with Crippen LogP contribution in [0.15, 0.2) is 18.2 Å². The van der Waals surface area contributed by atoms with Crippen molar-refractivity contribution in [3.05, 3.63) is 29.3 Å². The lowest BCUT2D eigenvalue weighted by Gasteiger charge is -2.37. The van der Waals surface area contributed by atoms with Gasteiger partial charge in [0.15, 0.2) is 0 Å². The number of nitrogens with one attached hydrogen (secondary N) is 1. The Kier molecular flexibility index (Phi) is 5.07. The van der Waals surface area contributed by atoms with Crippen LogP contribution in [-0.2, 0) is 20.2 Å². The van der Waals surface area contributed by atoms with Gasteiger partial charge in [-0.2, -0.15) is 0 Å². The number of likely N-dealkylation sites (N-methyl/N-ethyl adjacent to an activating group) is 1. The third-order valence-corrected chi connectivity index (χ3v) is 7.49. The van der Waals surface area contributed by atoms with Gasteiger partial charge in [0.05, 0.1) is 11.2 Å². The average molecular weight is 394 g/mol. The predicted molar refractivity (Wildman–Crippen MR) is 104 cm³/mol. The molecule has 1 aromatic carbocycles. The van der Waals surface area contributed by atoms with Crippen LogP contribution in [0, 0.1) is 0 Å². The minimum Gasteiger partial charge on any atom is -0.350 e. The monoisotopic (exact) mass is 393 g/mol. The van der Waals surface area contributed by atoms with Gasteiger partial charge in [-0.15, -0.1) is 0 Å². The molecule has 0 aromatic heterocycles. The van der Waals surface area contributed by atoms with Crippen molar-refractivity contribution < 1.29 is 18.0 Å². The summed E-state index contributed by atoms with van der Waals surface area (Å²) in [6, 6.07) is 5.37. The molecular formula is C19H27N3O4S. The summed E-state index contributed by atoms with van der Waals surface area (Å²) >= 11 is 0. The number of benzene rings is 1. The van der Waals surface area contributed by atoms with Crippen molar-refractivity contribution in [2.24, 2.45) is 0 Å². The van der Waals surface area contributed by atoms with Gasteiger partial charge in [-0.05, 0) is 57.4 Å². The van der Waals surface area contributed by atoms with E-state index < -0.39 is 15.4 Å². The Bertz CT molecular complexity index is 871. The Morgan fingerprint density at radius 1 is 1.26 bits per heavy atom. The largest absolute Gasteiger partial charge is 0.350 e. The molecule has 1 spiro atoms. The van der Waals surface area contributed by atoms with E-state index in [0.717, 1.165) is 11.3 Å². The summed E-state index contributed by atoms with van der Waals surface area (Å²) < 4.78 is 25.8. The summed E-state index contributed by atoms with van der Waals surface area (Å²) in [5, 5.41) is 2.87. The van der Waals surface area contributed by atoms with Gasteiger partial charge in [0.25, 0.3) is 5.91 Å². The van der Waals surface area contributed by atoms with E-state index in [0.29, 0.717) is 31.5 Å². The number of sulfonamides is 1. The topological polar surface area (TPSA) is 86.8 Å². The molecule has 8 heteroatoms. The van der Waals surface area contributed by atoms with Gasteiger partial charge in [0.1, 0.15) is 0 Å². The molecule has 148 valence electrons. The first-order chi connectivity index (χ1) is 12.6. The summed E-state index contributed by atoms with van der Waals surface area (Å²) in [5.74, 6) is -0.132. The molecule has 0 aliphatic carbocycles. The lowest BCUT2D eigenvalue weighted by molar-refractivity contribution is -0.124. The summed E-state index contributed by atoms with van der Waals surface area (Å²) in [6.07, 6.45) is 0.856. The highest BCUT2D eigenvalue weighted by molar-refractivity contribution is 7.89. The molecule has 0 atom stereocenters. The van der Waals surface area contributed by atoms with Gasteiger partial charge in [-0.3, -0.25) is 9.59 Å². The number of hydrogen-bond donors (Lipinski definition) is 1. The lowest BCUT2D eigenvalue weighted by atomic mass is 9.74. The minimum atomic E-state index is -3.27. The zero-order chi connectivity index (χ0) is 20.0. The molecule has 0 saturated carbocycles. The second kappa shape index (κ2) is 6.91. The van der Waals surface area contributed by atoms with Gasteiger partial charge >= 0.3 is 0 Å². The van der Waals surface area contributed by atoms with Crippen LogP contribution < -0.4 is 10.2 Å².